The summed E-state index contributed by atoms with van der Waals surface area (Å²) in [6, 6.07) is 13.6. The van der Waals surface area contributed by atoms with E-state index in [1.165, 1.54) is 6.07 Å². The second kappa shape index (κ2) is 7.49. The van der Waals surface area contributed by atoms with Gasteiger partial charge < -0.3 is 10.2 Å². The molecule has 2 aromatic rings. The van der Waals surface area contributed by atoms with Crippen LogP contribution in [0.15, 0.2) is 48.5 Å². The van der Waals surface area contributed by atoms with Gasteiger partial charge in [0.15, 0.2) is 0 Å². The number of nitrogens with one attached hydrogen (secondary N) is 1. The average Bonchev–Trinajstić information content (AvgIpc) is 2.71. The van der Waals surface area contributed by atoms with Crippen LogP contribution in [0.5, 0.6) is 0 Å². The van der Waals surface area contributed by atoms with E-state index in [9.17, 15) is 18.0 Å². The van der Waals surface area contributed by atoms with Crippen LogP contribution in [0.1, 0.15) is 36.0 Å². The van der Waals surface area contributed by atoms with Crippen molar-refractivity contribution in [3.63, 3.8) is 0 Å². The highest BCUT2D eigenvalue weighted by atomic mass is 19.4. The van der Waals surface area contributed by atoms with Crippen molar-refractivity contribution in [3.8, 4) is 0 Å². The molecule has 0 radical (unpaired) electrons. The SMILES string of the molecule is O=C(NCc1ccccc1)[C@H]1Cc2cc(C(F)(F)F)ccc2N2CCCC[C@H]12. The zero-order valence-corrected chi connectivity index (χ0v) is 15.5. The van der Waals surface area contributed by atoms with Crippen LogP contribution in [-0.2, 0) is 23.9 Å². The molecule has 1 saturated heterocycles. The first-order chi connectivity index (χ1) is 13.4. The number of carbonyl (C=O) groups excluding carboxylic acids is 1. The molecule has 0 unspecified atom stereocenters. The Hall–Kier alpha value is -2.50. The van der Waals surface area contributed by atoms with Crippen LogP contribution < -0.4 is 10.2 Å². The van der Waals surface area contributed by atoms with Crippen molar-refractivity contribution in [2.75, 3.05) is 11.4 Å². The number of carbonyl (C=O) groups is 1. The highest BCUT2D eigenvalue weighted by Gasteiger charge is 2.40. The van der Waals surface area contributed by atoms with Gasteiger partial charge in [-0.05, 0) is 55.0 Å². The lowest BCUT2D eigenvalue weighted by molar-refractivity contribution is -0.137. The lowest BCUT2D eigenvalue weighted by Crippen LogP contribution is -2.53. The molecule has 0 saturated carbocycles. The molecule has 2 aromatic carbocycles. The number of nitrogens with zero attached hydrogens (tertiary/aromatic N) is 1. The van der Waals surface area contributed by atoms with Crippen LogP contribution in [0.4, 0.5) is 18.9 Å². The van der Waals surface area contributed by atoms with Crippen molar-refractivity contribution in [3.05, 3.63) is 65.2 Å². The Kier molecular flexibility index (Phi) is 5.04. The van der Waals surface area contributed by atoms with Crippen molar-refractivity contribution in [1.29, 1.82) is 0 Å². The van der Waals surface area contributed by atoms with Gasteiger partial charge in [0, 0.05) is 24.8 Å². The molecule has 28 heavy (non-hydrogen) atoms. The van der Waals surface area contributed by atoms with E-state index in [0.29, 0.717) is 18.5 Å². The molecule has 148 valence electrons. The third kappa shape index (κ3) is 3.73. The molecule has 1 fully saturated rings. The van der Waals surface area contributed by atoms with E-state index in [-0.39, 0.29) is 17.9 Å². The lowest BCUT2D eigenvalue weighted by atomic mass is 9.80. The maximum absolute atomic E-state index is 13.2. The molecular weight excluding hydrogens is 365 g/mol. The van der Waals surface area contributed by atoms with Gasteiger partial charge in [-0.2, -0.15) is 13.2 Å². The topological polar surface area (TPSA) is 32.3 Å². The Balaban J connectivity index is 1.58. The minimum Gasteiger partial charge on any atom is -0.368 e. The first-order valence-electron chi connectivity index (χ1n) is 9.72. The number of benzene rings is 2. The molecule has 2 atom stereocenters. The number of amides is 1. The number of hydrogen-bond acceptors (Lipinski definition) is 2. The minimum atomic E-state index is -4.38. The molecule has 2 aliphatic heterocycles. The fourth-order valence-corrected chi connectivity index (χ4v) is 4.44. The molecule has 6 heteroatoms. The third-order valence-corrected chi connectivity index (χ3v) is 5.82. The largest absolute Gasteiger partial charge is 0.416 e. The Labute approximate surface area is 162 Å². The van der Waals surface area contributed by atoms with Gasteiger partial charge in [-0.3, -0.25) is 4.79 Å². The molecule has 1 N–H and O–H groups in total. The Morgan fingerprint density at radius 3 is 2.64 bits per heavy atom. The number of piperidine rings is 1. The summed E-state index contributed by atoms with van der Waals surface area (Å²) in [5.41, 5.74) is 1.83. The first kappa shape index (κ1) is 18.8. The molecule has 0 bridgehead atoms. The molecule has 0 aliphatic carbocycles. The van der Waals surface area contributed by atoms with Gasteiger partial charge in [-0.1, -0.05) is 30.3 Å². The second-order valence-electron chi connectivity index (χ2n) is 7.61. The minimum absolute atomic E-state index is 0.0498. The summed E-state index contributed by atoms with van der Waals surface area (Å²) in [5, 5.41) is 2.99. The summed E-state index contributed by atoms with van der Waals surface area (Å²) in [7, 11) is 0. The lowest BCUT2D eigenvalue weighted by Gasteiger charge is -2.46. The van der Waals surface area contributed by atoms with Gasteiger partial charge in [0.25, 0.3) is 0 Å². The maximum Gasteiger partial charge on any atom is 0.416 e. The Bertz CT molecular complexity index is 851. The first-order valence-corrected chi connectivity index (χ1v) is 9.72. The van der Waals surface area contributed by atoms with Crippen LogP contribution in [-0.4, -0.2) is 18.5 Å². The van der Waals surface area contributed by atoms with Crippen LogP contribution >= 0.6 is 0 Å². The standard InChI is InChI=1S/C22H23F3N2O/c23-22(24,25)17-9-10-19-16(12-17)13-18(20-8-4-5-11-27(19)20)21(28)26-14-15-6-2-1-3-7-15/h1-3,6-7,9-10,12,18,20H,4-5,8,11,13-14H2,(H,26,28)/t18-,20+/m0/s1. The van der Waals surface area contributed by atoms with Crippen molar-refractivity contribution >= 4 is 11.6 Å². The van der Waals surface area contributed by atoms with Crippen LogP contribution in [0.25, 0.3) is 0 Å². The van der Waals surface area contributed by atoms with Gasteiger partial charge >= 0.3 is 6.18 Å². The highest BCUT2D eigenvalue weighted by Crippen LogP contribution is 2.41. The van der Waals surface area contributed by atoms with Crippen LogP contribution in [0.2, 0.25) is 0 Å². The predicted molar refractivity (Wildman–Crippen MR) is 102 cm³/mol. The highest BCUT2D eigenvalue weighted by molar-refractivity contribution is 5.82. The van der Waals surface area contributed by atoms with Crippen molar-refractivity contribution in [2.24, 2.45) is 5.92 Å². The van der Waals surface area contributed by atoms with Crippen molar-refractivity contribution < 1.29 is 18.0 Å². The Morgan fingerprint density at radius 1 is 1.11 bits per heavy atom. The van der Waals surface area contributed by atoms with E-state index in [4.69, 9.17) is 0 Å². The average molecular weight is 388 g/mol. The van der Waals surface area contributed by atoms with E-state index in [0.717, 1.165) is 43.1 Å². The van der Waals surface area contributed by atoms with E-state index in [1.54, 1.807) is 6.07 Å². The summed E-state index contributed by atoms with van der Waals surface area (Å²) in [6.07, 6.45) is -1.10. The number of anilines is 1. The quantitative estimate of drug-likeness (QED) is 0.837. The molecule has 3 nitrogen and oxygen atoms in total. The summed E-state index contributed by atoms with van der Waals surface area (Å²) in [4.78, 5) is 15.1. The van der Waals surface area contributed by atoms with Gasteiger partial charge in [0.05, 0.1) is 11.5 Å². The summed E-state index contributed by atoms with van der Waals surface area (Å²) < 4.78 is 39.5. The molecular formula is C22H23F3N2O. The zero-order chi connectivity index (χ0) is 19.7. The van der Waals surface area contributed by atoms with E-state index in [2.05, 4.69) is 10.2 Å². The monoisotopic (exact) mass is 388 g/mol. The van der Waals surface area contributed by atoms with Gasteiger partial charge in [0.2, 0.25) is 5.91 Å². The summed E-state index contributed by atoms with van der Waals surface area (Å²) >= 11 is 0. The molecule has 2 heterocycles. The number of fused-ring (bicyclic) bond motifs is 3. The molecule has 0 spiro atoms. The van der Waals surface area contributed by atoms with E-state index in [1.807, 2.05) is 30.3 Å². The maximum atomic E-state index is 13.2. The second-order valence-corrected chi connectivity index (χ2v) is 7.61. The number of rotatable bonds is 3. The van der Waals surface area contributed by atoms with Crippen LogP contribution in [0.3, 0.4) is 0 Å². The molecule has 1 amide bonds. The van der Waals surface area contributed by atoms with Crippen molar-refractivity contribution in [1.82, 2.24) is 5.32 Å². The molecule has 0 aromatic heterocycles. The van der Waals surface area contributed by atoms with Gasteiger partial charge in [-0.15, -0.1) is 0 Å². The van der Waals surface area contributed by atoms with Gasteiger partial charge in [0.1, 0.15) is 0 Å². The Morgan fingerprint density at radius 2 is 1.89 bits per heavy atom. The normalized spacial score (nSPS) is 21.6. The van der Waals surface area contributed by atoms with Gasteiger partial charge in [-0.25, -0.2) is 0 Å². The predicted octanol–water partition coefficient (Wildman–Crippen LogP) is 4.55. The summed E-state index contributed by atoms with van der Waals surface area (Å²) in [5.74, 6) is -0.413. The number of hydrogen-bond donors (Lipinski definition) is 1. The fraction of sp³-hybridized carbons (Fsp3) is 0.409. The van der Waals surface area contributed by atoms with Crippen LogP contribution in [0, 0.1) is 5.92 Å². The number of halogens is 3. The third-order valence-electron chi connectivity index (χ3n) is 5.82. The van der Waals surface area contributed by atoms with Crippen molar-refractivity contribution in [2.45, 2.75) is 44.4 Å². The van der Waals surface area contributed by atoms with E-state index >= 15 is 0 Å². The zero-order valence-electron chi connectivity index (χ0n) is 15.5. The number of alkyl halides is 3. The van der Waals surface area contributed by atoms with E-state index < -0.39 is 11.7 Å². The molecule has 2 aliphatic rings. The smallest absolute Gasteiger partial charge is 0.368 e. The summed E-state index contributed by atoms with van der Waals surface area (Å²) in [6.45, 7) is 1.21. The fourth-order valence-electron chi connectivity index (χ4n) is 4.44. The molecule has 4 rings (SSSR count).